The van der Waals surface area contributed by atoms with Crippen molar-refractivity contribution in [1.82, 2.24) is 4.98 Å². The molecule has 0 aliphatic rings. The average molecular weight is 275 g/mol. The number of carbonyl (C=O) groups is 1. The van der Waals surface area contributed by atoms with Gasteiger partial charge < -0.3 is 4.74 Å². The second-order valence-electron chi connectivity index (χ2n) is 4.21. The summed E-state index contributed by atoms with van der Waals surface area (Å²) in [6, 6.07) is 7.52. The van der Waals surface area contributed by atoms with E-state index in [1.165, 1.54) is 5.56 Å². The molecule has 2 aromatic rings. The number of nitrogens with zero attached hydrogens (tertiary/aromatic N) is 1. The summed E-state index contributed by atoms with van der Waals surface area (Å²) in [5, 5.41) is 3.00. The number of hydrogen-bond acceptors (Lipinski definition) is 4. The van der Waals surface area contributed by atoms with E-state index in [0.717, 1.165) is 23.5 Å². The summed E-state index contributed by atoms with van der Waals surface area (Å²) in [4.78, 5) is 16.2. The normalized spacial score (nSPS) is 10.4. The van der Waals surface area contributed by atoms with E-state index < -0.39 is 0 Å². The summed E-state index contributed by atoms with van der Waals surface area (Å²) in [5.74, 6) is -0.297. The molecule has 0 atom stereocenters. The molecular formula is C15H17NO2S. The lowest BCUT2D eigenvalue weighted by molar-refractivity contribution is 0.0468. The zero-order chi connectivity index (χ0) is 13.7. The van der Waals surface area contributed by atoms with Gasteiger partial charge in [-0.3, -0.25) is 0 Å². The van der Waals surface area contributed by atoms with Crippen LogP contribution in [-0.4, -0.2) is 11.0 Å². The molecule has 4 heteroatoms. The number of ether oxygens (including phenoxy) is 1. The topological polar surface area (TPSA) is 39.2 Å². The highest BCUT2D eigenvalue weighted by atomic mass is 32.1. The number of aromatic nitrogens is 1. The van der Waals surface area contributed by atoms with Crippen molar-refractivity contribution < 1.29 is 9.53 Å². The fraction of sp³-hybridized carbons (Fsp3) is 0.333. The Kier molecular flexibility index (Phi) is 4.68. The number of hydrogen-bond donors (Lipinski definition) is 0. The van der Waals surface area contributed by atoms with Crippen LogP contribution in [0.25, 0.3) is 0 Å². The fourth-order valence-electron chi connectivity index (χ4n) is 1.68. The van der Waals surface area contributed by atoms with Crippen LogP contribution < -0.4 is 0 Å². The molecule has 1 aromatic heterocycles. The zero-order valence-electron chi connectivity index (χ0n) is 11.2. The van der Waals surface area contributed by atoms with Crippen molar-refractivity contribution in [2.75, 3.05) is 0 Å². The minimum atomic E-state index is -0.297. The van der Waals surface area contributed by atoms with Crippen LogP contribution in [0.15, 0.2) is 29.6 Å². The van der Waals surface area contributed by atoms with Gasteiger partial charge in [0.15, 0.2) is 0 Å². The minimum Gasteiger partial charge on any atom is -0.456 e. The highest BCUT2D eigenvalue weighted by molar-refractivity contribution is 7.09. The maximum Gasteiger partial charge on any atom is 0.338 e. The zero-order valence-corrected chi connectivity index (χ0v) is 12.0. The Morgan fingerprint density at radius 2 is 1.95 bits per heavy atom. The lowest BCUT2D eigenvalue weighted by Crippen LogP contribution is -2.05. The fourth-order valence-corrected chi connectivity index (χ4v) is 2.41. The van der Waals surface area contributed by atoms with Crippen molar-refractivity contribution in [2.24, 2.45) is 0 Å². The predicted molar refractivity (Wildman–Crippen MR) is 76.4 cm³/mol. The van der Waals surface area contributed by atoms with E-state index in [0.29, 0.717) is 5.56 Å². The highest BCUT2D eigenvalue weighted by Crippen LogP contribution is 2.12. The summed E-state index contributed by atoms with van der Waals surface area (Å²) in [5.41, 5.74) is 2.62. The van der Waals surface area contributed by atoms with Crippen LogP contribution in [0, 0.1) is 0 Å². The summed E-state index contributed by atoms with van der Waals surface area (Å²) in [6.45, 7) is 4.38. The molecule has 0 saturated carbocycles. The first-order valence-electron chi connectivity index (χ1n) is 6.42. The molecule has 0 aliphatic heterocycles. The molecule has 0 unspecified atom stereocenters. The Morgan fingerprint density at radius 1 is 1.21 bits per heavy atom. The second-order valence-corrected chi connectivity index (χ2v) is 5.16. The van der Waals surface area contributed by atoms with Crippen molar-refractivity contribution in [1.29, 1.82) is 0 Å². The monoisotopic (exact) mass is 275 g/mol. The molecule has 0 fully saturated rings. The number of benzene rings is 1. The van der Waals surface area contributed by atoms with Crippen molar-refractivity contribution >= 4 is 17.3 Å². The molecular weight excluding hydrogens is 258 g/mol. The van der Waals surface area contributed by atoms with Crippen LogP contribution in [0.4, 0.5) is 0 Å². The van der Waals surface area contributed by atoms with Crippen LogP contribution in [0.2, 0.25) is 0 Å². The Balaban J connectivity index is 1.93. The molecule has 0 spiro atoms. The van der Waals surface area contributed by atoms with Crippen molar-refractivity contribution in [3.8, 4) is 0 Å². The molecule has 0 amide bonds. The van der Waals surface area contributed by atoms with Gasteiger partial charge in [-0.1, -0.05) is 26.0 Å². The lowest BCUT2D eigenvalue weighted by atomic mass is 10.1. The quantitative estimate of drug-likeness (QED) is 0.782. The number of aryl methyl sites for hydroxylation is 2. The first-order valence-corrected chi connectivity index (χ1v) is 7.30. The van der Waals surface area contributed by atoms with Gasteiger partial charge in [-0.2, -0.15) is 0 Å². The summed E-state index contributed by atoms with van der Waals surface area (Å²) in [6.07, 6.45) is 1.88. The minimum absolute atomic E-state index is 0.241. The molecule has 0 N–H and O–H groups in total. The van der Waals surface area contributed by atoms with Crippen LogP contribution >= 0.6 is 11.3 Å². The van der Waals surface area contributed by atoms with Gasteiger partial charge in [0.2, 0.25) is 0 Å². The first kappa shape index (κ1) is 13.7. The van der Waals surface area contributed by atoms with Crippen LogP contribution in [0.1, 0.15) is 40.5 Å². The van der Waals surface area contributed by atoms with E-state index in [-0.39, 0.29) is 12.6 Å². The second kappa shape index (κ2) is 6.48. The maximum absolute atomic E-state index is 11.8. The molecule has 2 rings (SSSR count). The summed E-state index contributed by atoms with van der Waals surface area (Å²) < 4.78 is 5.25. The van der Waals surface area contributed by atoms with E-state index >= 15 is 0 Å². The van der Waals surface area contributed by atoms with Gasteiger partial charge >= 0.3 is 5.97 Å². The highest BCUT2D eigenvalue weighted by Gasteiger charge is 2.08. The van der Waals surface area contributed by atoms with Crippen molar-refractivity contribution in [3.63, 3.8) is 0 Å². The third-order valence-electron chi connectivity index (χ3n) is 2.85. The average Bonchev–Trinajstić information content (AvgIpc) is 2.93. The molecule has 3 nitrogen and oxygen atoms in total. The van der Waals surface area contributed by atoms with Crippen LogP contribution in [-0.2, 0) is 24.2 Å². The molecule has 1 aromatic carbocycles. The van der Waals surface area contributed by atoms with Gasteiger partial charge in [0.05, 0.1) is 16.3 Å². The van der Waals surface area contributed by atoms with Gasteiger partial charge in [-0.05, 0) is 30.5 Å². The predicted octanol–water partition coefficient (Wildman–Crippen LogP) is 3.62. The van der Waals surface area contributed by atoms with Crippen LogP contribution in [0.5, 0.6) is 0 Å². The Morgan fingerprint density at radius 3 is 2.53 bits per heavy atom. The van der Waals surface area contributed by atoms with E-state index in [4.69, 9.17) is 4.74 Å². The van der Waals surface area contributed by atoms with E-state index in [1.54, 1.807) is 23.5 Å². The molecule has 0 bridgehead atoms. The third-order valence-corrected chi connectivity index (χ3v) is 3.89. The summed E-state index contributed by atoms with van der Waals surface area (Å²) in [7, 11) is 0. The Hall–Kier alpha value is -1.68. The molecule has 100 valence electrons. The van der Waals surface area contributed by atoms with E-state index in [9.17, 15) is 4.79 Å². The number of esters is 1. The maximum atomic E-state index is 11.8. The Bertz CT molecular complexity index is 546. The first-order chi connectivity index (χ1) is 9.22. The van der Waals surface area contributed by atoms with Crippen molar-refractivity contribution in [3.05, 3.63) is 51.5 Å². The molecule has 1 heterocycles. The van der Waals surface area contributed by atoms with Gasteiger partial charge in [-0.25, -0.2) is 9.78 Å². The van der Waals surface area contributed by atoms with Crippen LogP contribution in [0.3, 0.4) is 0 Å². The molecule has 0 aliphatic carbocycles. The molecule has 0 saturated heterocycles. The van der Waals surface area contributed by atoms with E-state index in [2.05, 4.69) is 18.8 Å². The van der Waals surface area contributed by atoms with Gasteiger partial charge in [0.25, 0.3) is 0 Å². The standard InChI is InChI=1S/C15H17NO2S/c1-3-11-5-7-12(8-6-11)15(17)18-9-13-10-19-14(4-2)16-13/h5-8,10H,3-4,9H2,1-2H3. The molecule has 0 radical (unpaired) electrons. The lowest BCUT2D eigenvalue weighted by Gasteiger charge is -2.03. The SMILES string of the molecule is CCc1ccc(C(=O)OCc2csc(CC)n2)cc1. The van der Waals surface area contributed by atoms with Gasteiger partial charge in [-0.15, -0.1) is 11.3 Å². The third kappa shape index (κ3) is 3.64. The smallest absolute Gasteiger partial charge is 0.338 e. The number of thiazole rings is 1. The number of carbonyl (C=O) groups excluding carboxylic acids is 1. The number of rotatable bonds is 5. The van der Waals surface area contributed by atoms with Gasteiger partial charge in [0, 0.05) is 5.38 Å². The summed E-state index contributed by atoms with van der Waals surface area (Å²) >= 11 is 1.60. The van der Waals surface area contributed by atoms with E-state index in [1.807, 2.05) is 17.5 Å². The molecule has 19 heavy (non-hydrogen) atoms. The van der Waals surface area contributed by atoms with Gasteiger partial charge in [0.1, 0.15) is 6.61 Å². The largest absolute Gasteiger partial charge is 0.456 e. The van der Waals surface area contributed by atoms with Crippen molar-refractivity contribution in [2.45, 2.75) is 33.3 Å². The Labute approximate surface area is 117 Å².